The number of rotatable bonds is 7. The Morgan fingerprint density at radius 2 is 1.97 bits per heavy atom. The Morgan fingerprint density at radius 1 is 1.23 bits per heavy atom. The van der Waals surface area contributed by atoms with Gasteiger partial charge in [-0.1, -0.05) is 0 Å². The highest BCUT2D eigenvalue weighted by molar-refractivity contribution is 5.80. The van der Waals surface area contributed by atoms with Crippen LogP contribution >= 0.6 is 0 Å². The second-order valence-corrected chi connectivity index (χ2v) is 8.11. The van der Waals surface area contributed by atoms with Gasteiger partial charge < -0.3 is 24.7 Å². The molecular weight excluding hydrogens is 382 g/mol. The summed E-state index contributed by atoms with van der Waals surface area (Å²) in [5.74, 6) is 3.44. The van der Waals surface area contributed by atoms with E-state index in [-0.39, 0.29) is 11.9 Å². The maximum absolute atomic E-state index is 11.7. The number of amides is 1. The van der Waals surface area contributed by atoms with Crippen molar-refractivity contribution in [1.29, 1.82) is 0 Å². The Bertz CT molecular complexity index is 691. The van der Waals surface area contributed by atoms with E-state index in [1.807, 2.05) is 13.0 Å². The summed E-state index contributed by atoms with van der Waals surface area (Å²) in [4.78, 5) is 21.4. The topological polar surface area (TPSA) is 82.3 Å². The first-order valence-electron chi connectivity index (χ1n) is 11.2. The molecule has 30 heavy (non-hydrogen) atoms. The third-order valence-electron chi connectivity index (χ3n) is 5.99. The Labute approximate surface area is 180 Å². The van der Waals surface area contributed by atoms with E-state index in [0.717, 1.165) is 76.3 Å². The highest BCUT2D eigenvalue weighted by Crippen LogP contribution is 2.25. The highest BCUT2D eigenvalue weighted by atomic mass is 16.5. The van der Waals surface area contributed by atoms with Gasteiger partial charge in [-0.25, -0.2) is 0 Å². The molecule has 0 bridgehead atoms. The smallest absolute Gasteiger partial charge is 0.220 e. The molecule has 0 aliphatic carbocycles. The predicted octanol–water partition coefficient (Wildman–Crippen LogP) is 1.77. The number of guanidine groups is 1. The molecule has 2 fully saturated rings. The van der Waals surface area contributed by atoms with E-state index < -0.39 is 0 Å². The van der Waals surface area contributed by atoms with E-state index in [0.29, 0.717) is 18.9 Å². The van der Waals surface area contributed by atoms with E-state index in [2.05, 4.69) is 33.4 Å². The zero-order valence-electron chi connectivity index (χ0n) is 18.7. The van der Waals surface area contributed by atoms with Crippen molar-refractivity contribution in [2.75, 3.05) is 59.5 Å². The molecule has 168 valence electrons. The number of morpholine rings is 1. The number of nitrogens with zero attached hydrogens (tertiary/aromatic N) is 3. The SMILES string of the molecule is CCNC(=NCC(c1ccc(C)o1)N1CCOCC1)N1CCC(CC(=O)NC)CC1. The molecule has 3 rings (SSSR count). The first-order valence-corrected chi connectivity index (χ1v) is 11.2. The lowest BCUT2D eigenvalue weighted by atomic mass is 9.93. The third-order valence-corrected chi connectivity index (χ3v) is 5.99. The van der Waals surface area contributed by atoms with Crippen LogP contribution in [0.4, 0.5) is 0 Å². The number of piperidine rings is 1. The largest absolute Gasteiger partial charge is 0.465 e. The third kappa shape index (κ3) is 6.22. The average Bonchev–Trinajstić information content (AvgIpc) is 3.20. The number of furan rings is 1. The van der Waals surface area contributed by atoms with Gasteiger partial charge in [-0.3, -0.25) is 14.7 Å². The molecule has 0 radical (unpaired) electrons. The van der Waals surface area contributed by atoms with Crippen molar-refractivity contribution in [3.8, 4) is 0 Å². The van der Waals surface area contributed by atoms with Crippen molar-refractivity contribution in [3.63, 3.8) is 0 Å². The van der Waals surface area contributed by atoms with Gasteiger partial charge in [-0.05, 0) is 44.7 Å². The van der Waals surface area contributed by atoms with Crippen LogP contribution in [0.1, 0.15) is 43.7 Å². The first kappa shape index (κ1) is 22.6. The number of nitrogens with one attached hydrogen (secondary N) is 2. The van der Waals surface area contributed by atoms with Gasteiger partial charge in [0, 0.05) is 46.2 Å². The number of aryl methyl sites for hydroxylation is 1. The zero-order valence-corrected chi connectivity index (χ0v) is 18.7. The quantitative estimate of drug-likeness (QED) is 0.518. The molecule has 0 spiro atoms. The molecule has 1 atom stereocenters. The predicted molar refractivity (Wildman–Crippen MR) is 118 cm³/mol. The van der Waals surface area contributed by atoms with E-state index in [1.165, 1.54) is 0 Å². The maximum Gasteiger partial charge on any atom is 0.220 e. The lowest BCUT2D eigenvalue weighted by Gasteiger charge is -2.35. The van der Waals surface area contributed by atoms with Gasteiger partial charge in [0.25, 0.3) is 0 Å². The molecule has 0 saturated carbocycles. The monoisotopic (exact) mass is 419 g/mol. The second kappa shape index (κ2) is 11.4. The van der Waals surface area contributed by atoms with Crippen LogP contribution in [-0.2, 0) is 9.53 Å². The molecule has 2 aliphatic heterocycles. The van der Waals surface area contributed by atoms with Gasteiger partial charge in [0.05, 0.1) is 25.8 Å². The van der Waals surface area contributed by atoms with Crippen LogP contribution in [0.15, 0.2) is 21.5 Å². The van der Waals surface area contributed by atoms with Gasteiger partial charge in [0.1, 0.15) is 11.5 Å². The summed E-state index contributed by atoms with van der Waals surface area (Å²) in [6, 6.07) is 4.21. The average molecular weight is 420 g/mol. The van der Waals surface area contributed by atoms with Crippen molar-refractivity contribution in [2.24, 2.45) is 10.9 Å². The van der Waals surface area contributed by atoms with E-state index in [1.54, 1.807) is 7.05 Å². The van der Waals surface area contributed by atoms with E-state index in [9.17, 15) is 4.79 Å². The molecule has 2 N–H and O–H groups in total. The normalized spacial score (nSPS) is 20.2. The maximum atomic E-state index is 11.7. The van der Waals surface area contributed by atoms with Gasteiger partial charge in [-0.2, -0.15) is 0 Å². The van der Waals surface area contributed by atoms with Crippen LogP contribution in [0.5, 0.6) is 0 Å². The summed E-state index contributed by atoms with van der Waals surface area (Å²) in [6.07, 6.45) is 2.65. The Kier molecular flexibility index (Phi) is 8.57. The minimum Gasteiger partial charge on any atom is -0.465 e. The van der Waals surface area contributed by atoms with Crippen LogP contribution in [-0.4, -0.2) is 81.2 Å². The molecule has 1 amide bonds. The van der Waals surface area contributed by atoms with Crippen LogP contribution in [0.2, 0.25) is 0 Å². The van der Waals surface area contributed by atoms with Crippen LogP contribution < -0.4 is 10.6 Å². The highest BCUT2D eigenvalue weighted by Gasteiger charge is 2.27. The van der Waals surface area contributed by atoms with E-state index >= 15 is 0 Å². The lowest BCUT2D eigenvalue weighted by molar-refractivity contribution is -0.121. The molecule has 3 heterocycles. The van der Waals surface area contributed by atoms with Crippen molar-refractivity contribution < 1.29 is 13.9 Å². The fourth-order valence-corrected chi connectivity index (χ4v) is 4.22. The number of ether oxygens (including phenoxy) is 1. The lowest BCUT2D eigenvalue weighted by Crippen LogP contribution is -2.46. The minimum atomic E-state index is 0.113. The molecule has 8 heteroatoms. The fraction of sp³-hybridized carbons (Fsp3) is 0.727. The number of aliphatic imine (C=N–C) groups is 1. The first-order chi connectivity index (χ1) is 14.6. The zero-order chi connectivity index (χ0) is 21.3. The van der Waals surface area contributed by atoms with Crippen LogP contribution in [0.25, 0.3) is 0 Å². The second-order valence-electron chi connectivity index (χ2n) is 8.11. The van der Waals surface area contributed by atoms with Crippen molar-refractivity contribution >= 4 is 11.9 Å². The molecule has 1 unspecified atom stereocenters. The molecule has 2 saturated heterocycles. The Balaban J connectivity index is 1.66. The minimum absolute atomic E-state index is 0.113. The molecular formula is C22H37N5O3. The van der Waals surface area contributed by atoms with Gasteiger partial charge in [-0.15, -0.1) is 0 Å². The number of carbonyl (C=O) groups is 1. The number of hydrogen-bond donors (Lipinski definition) is 2. The summed E-state index contributed by atoms with van der Waals surface area (Å²) < 4.78 is 11.5. The number of hydrogen-bond acceptors (Lipinski definition) is 5. The van der Waals surface area contributed by atoms with Gasteiger partial charge >= 0.3 is 0 Å². The summed E-state index contributed by atoms with van der Waals surface area (Å²) in [5, 5.41) is 6.19. The Hall–Kier alpha value is -2.06. The molecule has 0 aromatic carbocycles. The molecule has 8 nitrogen and oxygen atoms in total. The number of carbonyl (C=O) groups excluding carboxylic acids is 1. The van der Waals surface area contributed by atoms with Crippen LogP contribution in [0.3, 0.4) is 0 Å². The van der Waals surface area contributed by atoms with Crippen molar-refractivity contribution in [1.82, 2.24) is 20.4 Å². The van der Waals surface area contributed by atoms with E-state index in [4.69, 9.17) is 14.1 Å². The standard InChI is InChI=1S/C22H37N5O3/c1-4-24-22(27-9-7-18(8-10-27)15-21(28)23-3)25-16-19(20-6-5-17(2)30-20)26-11-13-29-14-12-26/h5-6,18-19H,4,7-16H2,1-3H3,(H,23,28)(H,24,25). The summed E-state index contributed by atoms with van der Waals surface area (Å²) in [6.45, 7) is 10.7. The summed E-state index contributed by atoms with van der Waals surface area (Å²) >= 11 is 0. The molecule has 1 aromatic heterocycles. The molecule has 2 aliphatic rings. The van der Waals surface area contributed by atoms with Gasteiger partial charge in [0.15, 0.2) is 5.96 Å². The Morgan fingerprint density at radius 3 is 2.57 bits per heavy atom. The van der Waals surface area contributed by atoms with Crippen molar-refractivity contribution in [2.45, 2.75) is 39.2 Å². The summed E-state index contributed by atoms with van der Waals surface area (Å²) in [7, 11) is 1.71. The number of likely N-dealkylation sites (tertiary alicyclic amines) is 1. The van der Waals surface area contributed by atoms with Crippen molar-refractivity contribution in [3.05, 3.63) is 23.7 Å². The summed E-state index contributed by atoms with van der Waals surface area (Å²) in [5.41, 5.74) is 0. The fourth-order valence-electron chi connectivity index (χ4n) is 4.22. The van der Waals surface area contributed by atoms with Gasteiger partial charge in [0.2, 0.25) is 5.91 Å². The van der Waals surface area contributed by atoms with Crippen LogP contribution in [0, 0.1) is 12.8 Å². The molecule has 1 aromatic rings.